The van der Waals surface area contributed by atoms with Crippen molar-refractivity contribution >= 4 is 17.5 Å². The second kappa shape index (κ2) is 6.98. The lowest BCUT2D eigenvalue weighted by molar-refractivity contribution is -0.139. The predicted molar refractivity (Wildman–Crippen MR) is 81.2 cm³/mol. The molecule has 1 aliphatic carbocycles. The Balaban J connectivity index is 2.01. The van der Waals surface area contributed by atoms with E-state index in [0.717, 1.165) is 12.8 Å². The van der Waals surface area contributed by atoms with E-state index >= 15 is 0 Å². The lowest BCUT2D eigenvalue weighted by Gasteiger charge is -2.28. The Kier molecular flexibility index (Phi) is 5.30. The maximum atomic E-state index is 12.5. The molecule has 0 N–H and O–H groups in total. The number of ether oxygens (including phenoxy) is 1. The highest BCUT2D eigenvalue weighted by molar-refractivity contribution is 6.30. The molecule has 20 heavy (non-hydrogen) atoms. The van der Waals surface area contributed by atoms with Crippen LogP contribution in [0, 0.1) is 0 Å². The van der Waals surface area contributed by atoms with Gasteiger partial charge in [0.05, 0.1) is 0 Å². The molecule has 0 heterocycles. The molecule has 1 amide bonds. The molecule has 0 aromatic heterocycles. The summed E-state index contributed by atoms with van der Waals surface area (Å²) in [6.45, 7) is 1.97. The van der Waals surface area contributed by atoms with E-state index in [4.69, 9.17) is 16.3 Å². The summed E-state index contributed by atoms with van der Waals surface area (Å²) in [5.41, 5.74) is 0. The Bertz CT molecular complexity index is 458. The first-order valence-electron chi connectivity index (χ1n) is 7.30. The van der Waals surface area contributed by atoms with Crippen molar-refractivity contribution in [3.8, 4) is 5.75 Å². The van der Waals surface area contributed by atoms with Crippen molar-refractivity contribution in [1.82, 2.24) is 4.90 Å². The number of halogens is 1. The largest absolute Gasteiger partial charge is 0.481 e. The van der Waals surface area contributed by atoms with Gasteiger partial charge >= 0.3 is 0 Å². The number of carbonyl (C=O) groups is 1. The molecule has 110 valence electrons. The molecule has 0 aliphatic heterocycles. The van der Waals surface area contributed by atoms with Crippen molar-refractivity contribution < 1.29 is 9.53 Å². The van der Waals surface area contributed by atoms with Gasteiger partial charge in [0.1, 0.15) is 5.75 Å². The topological polar surface area (TPSA) is 29.5 Å². The van der Waals surface area contributed by atoms with E-state index in [2.05, 4.69) is 0 Å². The van der Waals surface area contributed by atoms with Gasteiger partial charge in [-0.15, -0.1) is 0 Å². The van der Waals surface area contributed by atoms with E-state index < -0.39 is 6.10 Å². The van der Waals surface area contributed by atoms with E-state index in [9.17, 15) is 4.79 Å². The number of amides is 1. The standard InChI is InChI=1S/C16H22ClNO2/c1-3-15(20-14-10-6-7-12(17)11-14)16(19)18(2)13-8-4-5-9-13/h6-7,10-11,13,15H,3-5,8-9H2,1-2H3. The maximum absolute atomic E-state index is 12.5. The van der Waals surface area contributed by atoms with Crippen LogP contribution >= 0.6 is 11.6 Å². The van der Waals surface area contributed by atoms with Gasteiger partial charge in [0.2, 0.25) is 0 Å². The van der Waals surface area contributed by atoms with Gasteiger partial charge < -0.3 is 9.64 Å². The summed E-state index contributed by atoms with van der Waals surface area (Å²) in [6.07, 6.45) is 4.87. The summed E-state index contributed by atoms with van der Waals surface area (Å²) >= 11 is 5.94. The predicted octanol–water partition coefficient (Wildman–Crippen LogP) is 3.90. The number of rotatable bonds is 5. The van der Waals surface area contributed by atoms with Crippen LogP contribution < -0.4 is 4.74 Å². The fourth-order valence-electron chi connectivity index (χ4n) is 2.71. The SMILES string of the molecule is CCC(Oc1cccc(Cl)c1)C(=O)N(C)C1CCCC1. The first kappa shape index (κ1) is 15.2. The van der Waals surface area contributed by atoms with Gasteiger partial charge in [0.25, 0.3) is 5.91 Å². The van der Waals surface area contributed by atoms with Crippen LogP contribution in [-0.2, 0) is 4.79 Å². The normalized spacial score (nSPS) is 16.9. The number of likely N-dealkylation sites (N-methyl/N-ethyl adjacent to an activating group) is 1. The van der Waals surface area contributed by atoms with E-state index in [-0.39, 0.29) is 5.91 Å². The maximum Gasteiger partial charge on any atom is 0.263 e. The van der Waals surface area contributed by atoms with Crippen molar-refractivity contribution in [3.63, 3.8) is 0 Å². The first-order chi connectivity index (χ1) is 9.61. The van der Waals surface area contributed by atoms with Crippen molar-refractivity contribution in [2.24, 2.45) is 0 Å². The Hall–Kier alpha value is -1.22. The van der Waals surface area contributed by atoms with Crippen molar-refractivity contribution in [3.05, 3.63) is 29.3 Å². The molecular formula is C16H22ClNO2. The van der Waals surface area contributed by atoms with Crippen LogP contribution in [0.1, 0.15) is 39.0 Å². The molecule has 1 aliphatic rings. The minimum Gasteiger partial charge on any atom is -0.481 e. The lowest BCUT2D eigenvalue weighted by atomic mass is 10.1. The van der Waals surface area contributed by atoms with Gasteiger partial charge in [0.15, 0.2) is 6.10 Å². The average Bonchev–Trinajstić information content (AvgIpc) is 2.97. The second-order valence-corrected chi connectivity index (χ2v) is 5.80. The third-order valence-electron chi connectivity index (χ3n) is 3.94. The van der Waals surface area contributed by atoms with Crippen LogP contribution in [0.4, 0.5) is 0 Å². The minimum absolute atomic E-state index is 0.0689. The van der Waals surface area contributed by atoms with E-state index in [0.29, 0.717) is 23.2 Å². The van der Waals surface area contributed by atoms with E-state index in [1.54, 1.807) is 12.1 Å². The van der Waals surface area contributed by atoms with E-state index in [1.165, 1.54) is 12.8 Å². The Morgan fingerprint density at radius 3 is 2.75 bits per heavy atom. The second-order valence-electron chi connectivity index (χ2n) is 5.36. The van der Waals surface area contributed by atoms with Gasteiger partial charge in [-0.25, -0.2) is 0 Å². The minimum atomic E-state index is -0.431. The third-order valence-corrected chi connectivity index (χ3v) is 4.18. The fraction of sp³-hybridized carbons (Fsp3) is 0.562. The molecule has 1 aromatic carbocycles. The van der Waals surface area contributed by atoms with Crippen LogP contribution in [0.5, 0.6) is 5.75 Å². The van der Waals surface area contributed by atoms with Gasteiger partial charge in [-0.3, -0.25) is 4.79 Å². The molecular weight excluding hydrogens is 274 g/mol. The zero-order valence-electron chi connectivity index (χ0n) is 12.1. The summed E-state index contributed by atoms with van der Waals surface area (Å²) < 4.78 is 5.81. The zero-order chi connectivity index (χ0) is 14.5. The fourth-order valence-corrected chi connectivity index (χ4v) is 2.89. The highest BCUT2D eigenvalue weighted by Gasteiger charge is 2.29. The summed E-state index contributed by atoms with van der Waals surface area (Å²) in [7, 11) is 1.89. The Morgan fingerprint density at radius 2 is 2.15 bits per heavy atom. The highest BCUT2D eigenvalue weighted by Crippen LogP contribution is 2.24. The third kappa shape index (κ3) is 3.66. The monoisotopic (exact) mass is 295 g/mol. The Morgan fingerprint density at radius 1 is 1.45 bits per heavy atom. The number of carbonyl (C=O) groups excluding carboxylic acids is 1. The van der Waals surface area contributed by atoms with E-state index in [1.807, 2.05) is 31.0 Å². The van der Waals surface area contributed by atoms with Gasteiger partial charge in [-0.05, 0) is 37.5 Å². The van der Waals surface area contributed by atoms with Gasteiger partial charge in [-0.1, -0.05) is 37.4 Å². The van der Waals surface area contributed by atoms with Crippen molar-refractivity contribution in [1.29, 1.82) is 0 Å². The zero-order valence-corrected chi connectivity index (χ0v) is 12.9. The molecule has 1 atom stereocenters. The smallest absolute Gasteiger partial charge is 0.263 e. The molecule has 1 aromatic rings. The number of benzene rings is 1. The molecule has 1 unspecified atom stereocenters. The summed E-state index contributed by atoms with van der Waals surface area (Å²) in [5, 5.41) is 0.619. The molecule has 3 nitrogen and oxygen atoms in total. The lowest BCUT2D eigenvalue weighted by Crippen LogP contribution is -2.43. The van der Waals surface area contributed by atoms with Crippen LogP contribution in [-0.4, -0.2) is 30.0 Å². The molecule has 1 fully saturated rings. The van der Waals surface area contributed by atoms with Crippen LogP contribution in [0.2, 0.25) is 5.02 Å². The molecule has 1 saturated carbocycles. The Labute approximate surface area is 125 Å². The molecule has 0 bridgehead atoms. The van der Waals surface area contributed by atoms with Crippen molar-refractivity contribution in [2.45, 2.75) is 51.2 Å². The number of hydrogen-bond acceptors (Lipinski definition) is 2. The highest BCUT2D eigenvalue weighted by atomic mass is 35.5. The molecule has 0 spiro atoms. The van der Waals surface area contributed by atoms with Crippen LogP contribution in [0.25, 0.3) is 0 Å². The van der Waals surface area contributed by atoms with Gasteiger partial charge in [0, 0.05) is 18.1 Å². The molecule has 0 radical (unpaired) electrons. The van der Waals surface area contributed by atoms with Crippen LogP contribution in [0.3, 0.4) is 0 Å². The molecule has 0 saturated heterocycles. The molecule has 2 rings (SSSR count). The van der Waals surface area contributed by atoms with Gasteiger partial charge in [-0.2, -0.15) is 0 Å². The van der Waals surface area contributed by atoms with Crippen LogP contribution in [0.15, 0.2) is 24.3 Å². The average molecular weight is 296 g/mol. The molecule has 4 heteroatoms. The van der Waals surface area contributed by atoms with Crippen molar-refractivity contribution in [2.75, 3.05) is 7.05 Å². The number of hydrogen-bond donors (Lipinski definition) is 0. The summed E-state index contributed by atoms with van der Waals surface area (Å²) in [4.78, 5) is 14.4. The first-order valence-corrected chi connectivity index (χ1v) is 7.68. The quantitative estimate of drug-likeness (QED) is 0.824. The summed E-state index contributed by atoms with van der Waals surface area (Å²) in [5.74, 6) is 0.719. The number of nitrogens with zero attached hydrogens (tertiary/aromatic N) is 1. The summed E-state index contributed by atoms with van der Waals surface area (Å²) in [6, 6.07) is 7.57.